The van der Waals surface area contributed by atoms with E-state index >= 15 is 0 Å². The molecule has 2 aromatic rings. The second kappa shape index (κ2) is 7.87. The summed E-state index contributed by atoms with van der Waals surface area (Å²) in [4.78, 5) is 15.6. The quantitative estimate of drug-likeness (QED) is 0.839. The summed E-state index contributed by atoms with van der Waals surface area (Å²) in [5.41, 5.74) is 3.01. The zero-order valence-electron chi connectivity index (χ0n) is 15.3. The van der Waals surface area contributed by atoms with Gasteiger partial charge in [0.15, 0.2) is 0 Å². The number of nitrogens with zero attached hydrogens (tertiary/aromatic N) is 2. The van der Waals surface area contributed by atoms with E-state index in [1.165, 1.54) is 17.0 Å². The van der Waals surface area contributed by atoms with Gasteiger partial charge in [-0.2, -0.15) is 0 Å². The summed E-state index contributed by atoms with van der Waals surface area (Å²) in [6.45, 7) is 3.42. The van der Waals surface area contributed by atoms with Crippen LogP contribution in [0.4, 0.5) is 14.9 Å². The third kappa shape index (κ3) is 4.05. The Morgan fingerprint density at radius 1 is 1.31 bits per heavy atom. The van der Waals surface area contributed by atoms with E-state index < -0.39 is 6.09 Å². The van der Waals surface area contributed by atoms with Crippen molar-refractivity contribution in [1.29, 1.82) is 0 Å². The molecule has 2 aromatic carbocycles. The summed E-state index contributed by atoms with van der Waals surface area (Å²) in [5.74, 6) is -0.369. The number of anilines is 1. The van der Waals surface area contributed by atoms with Crippen LogP contribution in [0.3, 0.4) is 0 Å². The van der Waals surface area contributed by atoms with E-state index in [-0.39, 0.29) is 5.82 Å². The molecule has 138 valence electrons. The van der Waals surface area contributed by atoms with E-state index in [0.717, 1.165) is 36.9 Å². The average Bonchev–Trinajstić information content (AvgIpc) is 3.01. The summed E-state index contributed by atoms with van der Waals surface area (Å²) in [6, 6.07) is 12.4. The zero-order chi connectivity index (χ0) is 18.7. The summed E-state index contributed by atoms with van der Waals surface area (Å²) in [6.07, 6.45) is 2.01. The highest BCUT2D eigenvalue weighted by atomic mass is 19.1. The highest BCUT2D eigenvalue weighted by Crippen LogP contribution is 2.33. The lowest BCUT2D eigenvalue weighted by atomic mass is 10.0. The summed E-state index contributed by atoms with van der Waals surface area (Å²) in [7, 11) is 2.08. The molecular weight excluding hydrogens is 331 g/mol. The van der Waals surface area contributed by atoms with Gasteiger partial charge >= 0.3 is 6.09 Å². The minimum Gasteiger partial charge on any atom is -0.465 e. The van der Waals surface area contributed by atoms with Crippen molar-refractivity contribution in [2.24, 2.45) is 0 Å². The second-order valence-electron chi connectivity index (χ2n) is 7.03. The van der Waals surface area contributed by atoms with Gasteiger partial charge in [0.25, 0.3) is 0 Å². The SMILES string of the molecule is Cc1cccc(-c2cc(F)ccc2N(CCC2CCCN2C)C(=O)O)c1. The average molecular weight is 356 g/mol. The lowest BCUT2D eigenvalue weighted by Crippen LogP contribution is -2.35. The molecule has 0 spiro atoms. The van der Waals surface area contributed by atoms with Crippen LogP contribution in [0.25, 0.3) is 11.1 Å². The molecule has 3 rings (SSSR count). The lowest BCUT2D eigenvalue weighted by molar-refractivity contribution is 0.200. The minimum atomic E-state index is -1.01. The molecule has 0 aromatic heterocycles. The van der Waals surface area contributed by atoms with Gasteiger partial charge in [-0.05, 0) is 63.5 Å². The van der Waals surface area contributed by atoms with Crippen LogP contribution >= 0.6 is 0 Å². The molecular formula is C21H25FN2O2. The Kier molecular flexibility index (Phi) is 5.57. The molecule has 1 amide bonds. The van der Waals surface area contributed by atoms with Crippen LogP contribution in [0.5, 0.6) is 0 Å². The van der Waals surface area contributed by atoms with Crippen LogP contribution in [-0.2, 0) is 0 Å². The molecule has 1 heterocycles. The molecule has 1 fully saturated rings. The topological polar surface area (TPSA) is 43.8 Å². The van der Waals surface area contributed by atoms with Crippen molar-refractivity contribution in [2.45, 2.75) is 32.2 Å². The first-order valence-corrected chi connectivity index (χ1v) is 9.03. The zero-order valence-corrected chi connectivity index (χ0v) is 15.3. The third-order valence-electron chi connectivity index (χ3n) is 5.17. The van der Waals surface area contributed by atoms with Crippen molar-refractivity contribution in [3.63, 3.8) is 0 Å². The number of halogens is 1. The monoisotopic (exact) mass is 356 g/mol. The van der Waals surface area contributed by atoms with Crippen LogP contribution < -0.4 is 4.90 Å². The second-order valence-corrected chi connectivity index (χ2v) is 7.03. The highest BCUT2D eigenvalue weighted by molar-refractivity contribution is 5.92. The van der Waals surface area contributed by atoms with E-state index in [0.29, 0.717) is 23.8 Å². The fourth-order valence-electron chi connectivity index (χ4n) is 3.73. The Morgan fingerprint density at radius 2 is 2.12 bits per heavy atom. The molecule has 0 saturated carbocycles. The Bertz CT molecular complexity index is 793. The standard InChI is InChI=1S/C21H25FN2O2/c1-15-5-3-6-16(13-15)19-14-17(22)8-9-20(19)24(21(25)26)12-10-18-7-4-11-23(18)2/h3,5-6,8-9,13-14,18H,4,7,10-12H2,1-2H3,(H,25,26). The Morgan fingerprint density at radius 3 is 2.77 bits per heavy atom. The molecule has 1 aliphatic rings. The number of carboxylic acid groups (broad SMARTS) is 1. The summed E-state index contributed by atoms with van der Waals surface area (Å²) >= 11 is 0. The summed E-state index contributed by atoms with van der Waals surface area (Å²) < 4.78 is 13.9. The first-order valence-electron chi connectivity index (χ1n) is 9.03. The van der Waals surface area contributed by atoms with Crippen LogP contribution in [0, 0.1) is 12.7 Å². The van der Waals surface area contributed by atoms with E-state index in [9.17, 15) is 14.3 Å². The van der Waals surface area contributed by atoms with Gasteiger partial charge < -0.3 is 10.0 Å². The van der Waals surface area contributed by atoms with Crippen molar-refractivity contribution in [3.05, 3.63) is 53.8 Å². The molecule has 5 heteroatoms. The number of likely N-dealkylation sites (tertiary alicyclic amines) is 1. The maximum absolute atomic E-state index is 13.9. The molecule has 0 aliphatic carbocycles. The van der Waals surface area contributed by atoms with Crippen LogP contribution in [-0.4, -0.2) is 42.3 Å². The molecule has 1 aliphatic heterocycles. The normalized spacial score (nSPS) is 17.4. The van der Waals surface area contributed by atoms with E-state index in [1.54, 1.807) is 6.07 Å². The molecule has 1 atom stereocenters. The van der Waals surface area contributed by atoms with Crippen LogP contribution in [0.1, 0.15) is 24.8 Å². The number of carbonyl (C=O) groups is 1. The number of rotatable bonds is 5. The Labute approximate surface area is 153 Å². The number of hydrogen-bond acceptors (Lipinski definition) is 2. The number of amides is 1. The molecule has 1 unspecified atom stereocenters. The van der Waals surface area contributed by atoms with Crippen molar-refractivity contribution in [3.8, 4) is 11.1 Å². The van der Waals surface area contributed by atoms with Crippen molar-refractivity contribution >= 4 is 11.8 Å². The molecule has 26 heavy (non-hydrogen) atoms. The molecule has 4 nitrogen and oxygen atoms in total. The minimum absolute atomic E-state index is 0.369. The Hall–Kier alpha value is -2.40. The van der Waals surface area contributed by atoms with Gasteiger partial charge in [-0.3, -0.25) is 4.90 Å². The maximum atomic E-state index is 13.9. The predicted octanol–water partition coefficient (Wildman–Crippen LogP) is 4.77. The van der Waals surface area contributed by atoms with Gasteiger partial charge in [0.1, 0.15) is 5.82 Å². The first kappa shape index (κ1) is 18.4. The lowest BCUT2D eigenvalue weighted by Gasteiger charge is -2.26. The Balaban J connectivity index is 1.92. The summed E-state index contributed by atoms with van der Waals surface area (Å²) in [5, 5.41) is 9.78. The van der Waals surface area contributed by atoms with Gasteiger partial charge in [0, 0.05) is 18.2 Å². The third-order valence-corrected chi connectivity index (χ3v) is 5.17. The van der Waals surface area contributed by atoms with Gasteiger partial charge in [0.2, 0.25) is 0 Å². The van der Waals surface area contributed by atoms with Crippen molar-refractivity contribution in [2.75, 3.05) is 25.0 Å². The number of benzene rings is 2. The van der Waals surface area contributed by atoms with Gasteiger partial charge in [0.05, 0.1) is 5.69 Å². The smallest absolute Gasteiger partial charge is 0.411 e. The molecule has 0 bridgehead atoms. The maximum Gasteiger partial charge on any atom is 0.411 e. The van der Waals surface area contributed by atoms with Crippen molar-refractivity contribution < 1.29 is 14.3 Å². The van der Waals surface area contributed by atoms with Crippen molar-refractivity contribution in [1.82, 2.24) is 4.90 Å². The molecule has 0 radical (unpaired) electrons. The number of aryl methyl sites for hydroxylation is 1. The van der Waals surface area contributed by atoms with E-state index in [2.05, 4.69) is 11.9 Å². The van der Waals surface area contributed by atoms with Crippen LogP contribution in [0.2, 0.25) is 0 Å². The van der Waals surface area contributed by atoms with Gasteiger partial charge in [-0.1, -0.05) is 29.8 Å². The first-order chi connectivity index (χ1) is 12.5. The van der Waals surface area contributed by atoms with Gasteiger partial charge in [-0.25, -0.2) is 9.18 Å². The highest BCUT2D eigenvalue weighted by Gasteiger charge is 2.25. The van der Waals surface area contributed by atoms with E-state index in [1.807, 2.05) is 31.2 Å². The fourth-order valence-corrected chi connectivity index (χ4v) is 3.73. The fraction of sp³-hybridized carbons (Fsp3) is 0.381. The predicted molar refractivity (Wildman–Crippen MR) is 102 cm³/mol. The van der Waals surface area contributed by atoms with Gasteiger partial charge in [-0.15, -0.1) is 0 Å². The van der Waals surface area contributed by atoms with Crippen LogP contribution in [0.15, 0.2) is 42.5 Å². The largest absolute Gasteiger partial charge is 0.465 e. The molecule has 1 N–H and O–H groups in total. The molecule has 1 saturated heterocycles. The van der Waals surface area contributed by atoms with E-state index in [4.69, 9.17) is 0 Å². The number of hydrogen-bond donors (Lipinski definition) is 1.